The summed E-state index contributed by atoms with van der Waals surface area (Å²) in [6, 6.07) is 10.0. The van der Waals surface area contributed by atoms with Crippen molar-refractivity contribution in [3.63, 3.8) is 0 Å². The number of benzene rings is 1. The van der Waals surface area contributed by atoms with Gasteiger partial charge in [-0.15, -0.1) is 0 Å². The van der Waals surface area contributed by atoms with Crippen LogP contribution in [0.1, 0.15) is 20.3 Å². The number of carbonyl (C=O) groups is 1. The molecule has 1 N–H and O–H groups in total. The zero-order valence-corrected chi connectivity index (χ0v) is 15.2. The van der Waals surface area contributed by atoms with E-state index >= 15 is 0 Å². The Morgan fingerprint density at radius 2 is 1.83 bits per heavy atom. The van der Waals surface area contributed by atoms with Crippen LogP contribution in [0.4, 0.5) is 0 Å². The monoisotopic (exact) mass is 333 g/mol. The third-order valence-electron chi connectivity index (χ3n) is 4.63. The molecule has 0 aliphatic carbocycles. The number of nitrogens with one attached hydrogen (secondary N) is 1. The Balaban J connectivity index is 1.70. The van der Waals surface area contributed by atoms with Gasteiger partial charge < -0.3 is 15.0 Å². The SMILES string of the molecule is CC(C)C(CNC(=O)CCOc1ccccc1)N1CCN(C)CC1. The van der Waals surface area contributed by atoms with Crippen molar-refractivity contribution in [3.8, 4) is 5.75 Å². The van der Waals surface area contributed by atoms with Gasteiger partial charge >= 0.3 is 0 Å². The van der Waals surface area contributed by atoms with E-state index in [1.165, 1.54) is 0 Å². The topological polar surface area (TPSA) is 44.8 Å². The van der Waals surface area contributed by atoms with Crippen LogP contribution in [-0.4, -0.2) is 68.1 Å². The van der Waals surface area contributed by atoms with Crippen molar-refractivity contribution in [1.82, 2.24) is 15.1 Å². The molecule has 2 rings (SSSR count). The largest absolute Gasteiger partial charge is 0.493 e. The highest BCUT2D eigenvalue weighted by molar-refractivity contribution is 5.76. The van der Waals surface area contributed by atoms with Crippen molar-refractivity contribution >= 4 is 5.91 Å². The maximum Gasteiger partial charge on any atom is 0.223 e. The molecule has 1 saturated heterocycles. The molecular formula is C19H31N3O2. The Bertz CT molecular complexity index is 485. The lowest BCUT2D eigenvalue weighted by Crippen LogP contribution is -2.54. The second-order valence-electron chi connectivity index (χ2n) is 6.87. The maximum atomic E-state index is 12.1. The Hall–Kier alpha value is -1.59. The van der Waals surface area contributed by atoms with Gasteiger partial charge in [-0.05, 0) is 25.1 Å². The fourth-order valence-corrected chi connectivity index (χ4v) is 3.03. The summed E-state index contributed by atoms with van der Waals surface area (Å²) >= 11 is 0. The van der Waals surface area contributed by atoms with Crippen LogP contribution in [0.3, 0.4) is 0 Å². The van der Waals surface area contributed by atoms with E-state index in [0.29, 0.717) is 31.5 Å². The molecule has 1 aromatic carbocycles. The number of rotatable bonds is 8. The summed E-state index contributed by atoms with van der Waals surface area (Å²) in [7, 11) is 2.16. The summed E-state index contributed by atoms with van der Waals surface area (Å²) in [6.07, 6.45) is 0.391. The van der Waals surface area contributed by atoms with Gasteiger partial charge in [0.1, 0.15) is 5.75 Å². The molecule has 0 saturated carbocycles. The summed E-state index contributed by atoms with van der Waals surface area (Å²) in [6.45, 7) is 9.94. The van der Waals surface area contributed by atoms with Crippen LogP contribution in [0, 0.1) is 5.92 Å². The Labute approximate surface area is 146 Å². The molecule has 1 aromatic rings. The summed E-state index contributed by atoms with van der Waals surface area (Å²) in [5.74, 6) is 1.39. The van der Waals surface area contributed by atoms with Gasteiger partial charge in [-0.1, -0.05) is 32.0 Å². The van der Waals surface area contributed by atoms with Gasteiger partial charge in [0.25, 0.3) is 0 Å². The normalized spacial score (nSPS) is 17.7. The highest BCUT2D eigenvalue weighted by atomic mass is 16.5. The minimum absolute atomic E-state index is 0.0608. The quantitative estimate of drug-likeness (QED) is 0.788. The second-order valence-corrected chi connectivity index (χ2v) is 6.87. The van der Waals surface area contributed by atoms with E-state index in [1.807, 2.05) is 30.3 Å². The molecule has 1 amide bonds. The number of para-hydroxylation sites is 1. The van der Waals surface area contributed by atoms with Gasteiger partial charge in [-0.3, -0.25) is 9.69 Å². The van der Waals surface area contributed by atoms with Crippen molar-refractivity contribution in [2.75, 3.05) is 46.4 Å². The number of nitrogens with zero attached hydrogens (tertiary/aromatic N) is 2. The van der Waals surface area contributed by atoms with Crippen LogP contribution < -0.4 is 10.1 Å². The number of hydrogen-bond donors (Lipinski definition) is 1. The van der Waals surface area contributed by atoms with Gasteiger partial charge in [0.2, 0.25) is 5.91 Å². The number of amides is 1. The molecular weight excluding hydrogens is 302 g/mol. The molecule has 0 aromatic heterocycles. The van der Waals surface area contributed by atoms with E-state index in [0.717, 1.165) is 31.9 Å². The summed E-state index contributed by atoms with van der Waals surface area (Å²) in [5.41, 5.74) is 0. The number of likely N-dealkylation sites (N-methyl/N-ethyl adjacent to an activating group) is 1. The molecule has 0 radical (unpaired) electrons. The van der Waals surface area contributed by atoms with E-state index in [1.54, 1.807) is 0 Å². The zero-order valence-electron chi connectivity index (χ0n) is 15.2. The summed E-state index contributed by atoms with van der Waals surface area (Å²) in [4.78, 5) is 16.9. The van der Waals surface area contributed by atoms with E-state index < -0.39 is 0 Å². The number of carbonyl (C=O) groups excluding carboxylic acids is 1. The van der Waals surface area contributed by atoms with Crippen LogP contribution in [-0.2, 0) is 4.79 Å². The van der Waals surface area contributed by atoms with E-state index in [-0.39, 0.29) is 5.91 Å². The second kappa shape index (κ2) is 9.64. The highest BCUT2D eigenvalue weighted by Crippen LogP contribution is 2.13. The van der Waals surface area contributed by atoms with Crippen LogP contribution in [0.25, 0.3) is 0 Å². The van der Waals surface area contributed by atoms with Gasteiger partial charge in [-0.25, -0.2) is 0 Å². The highest BCUT2D eigenvalue weighted by Gasteiger charge is 2.25. The first-order valence-electron chi connectivity index (χ1n) is 8.93. The average Bonchev–Trinajstić information content (AvgIpc) is 2.57. The van der Waals surface area contributed by atoms with Crippen molar-refractivity contribution in [2.24, 2.45) is 5.92 Å². The third-order valence-corrected chi connectivity index (χ3v) is 4.63. The number of hydrogen-bond acceptors (Lipinski definition) is 4. The Kier molecular flexibility index (Phi) is 7.53. The zero-order chi connectivity index (χ0) is 17.4. The van der Waals surface area contributed by atoms with Gasteiger partial charge in [0.05, 0.1) is 13.0 Å². The van der Waals surface area contributed by atoms with Crippen molar-refractivity contribution in [2.45, 2.75) is 26.3 Å². The first-order valence-corrected chi connectivity index (χ1v) is 8.93. The Morgan fingerprint density at radius 1 is 1.17 bits per heavy atom. The first kappa shape index (κ1) is 18.7. The molecule has 1 atom stereocenters. The summed E-state index contributed by atoms with van der Waals surface area (Å²) in [5, 5.41) is 3.08. The van der Waals surface area contributed by atoms with Crippen molar-refractivity contribution in [1.29, 1.82) is 0 Å². The minimum Gasteiger partial charge on any atom is -0.493 e. The van der Waals surface area contributed by atoms with E-state index in [9.17, 15) is 4.79 Å². The third kappa shape index (κ3) is 6.13. The molecule has 5 nitrogen and oxygen atoms in total. The molecule has 0 bridgehead atoms. The molecule has 1 heterocycles. The van der Waals surface area contributed by atoms with Gasteiger partial charge in [-0.2, -0.15) is 0 Å². The van der Waals surface area contributed by atoms with Crippen molar-refractivity contribution in [3.05, 3.63) is 30.3 Å². The molecule has 134 valence electrons. The van der Waals surface area contributed by atoms with Gasteiger partial charge in [0.15, 0.2) is 0 Å². The standard InChI is InChI=1S/C19H31N3O2/c1-16(2)18(22-12-10-21(3)11-13-22)15-20-19(23)9-14-24-17-7-5-4-6-8-17/h4-8,16,18H,9-15H2,1-3H3,(H,20,23). The molecule has 5 heteroatoms. The maximum absolute atomic E-state index is 12.1. The van der Waals surface area contributed by atoms with Crippen molar-refractivity contribution < 1.29 is 9.53 Å². The van der Waals surface area contributed by atoms with Crippen LogP contribution >= 0.6 is 0 Å². The fraction of sp³-hybridized carbons (Fsp3) is 0.632. The minimum atomic E-state index is 0.0608. The number of piperazine rings is 1. The van der Waals surface area contributed by atoms with Crippen LogP contribution in [0.2, 0.25) is 0 Å². The number of ether oxygens (including phenoxy) is 1. The smallest absolute Gasteiger partial charge is 0.223 e. The fourth-order valence-electron chi connectivity index (χ4n) is 3.03. The Morgan fingerprint density at radius 3 is 2.46 bits per heavy atom. The molecule has 1 aliphatic rings. The average molecular weight is 333 g/mol. The molecule has 24 heavy (non-hydrogen) atoms. The lowest BCUT2D eigenvalue weighted by molar-refractivity contribution is -0.122. The molecule has 0 spiro atoms. The predicted octanol–water partition coefficient (Wildman–Crippen LogP) is 1.84. The summed E-state index contributed by atoms with van der Waals surface area (Å²) < 4.78 is 5.58. The lowest BCUT2D eigenvalue weighted by Gasteiger charge is -2.39. The van der Waals surface area contributed by atoms with Gasteiger partial charge in [0, 0.05) is 38.8 Å². The lowest BCUT2D eigenvalue weighted by atomic mass is 10.0. The first-order chi connectivity index (χ1) is 11.6. The molecule has 1 fully saturated rings. The molecule has 1 aliphatic heterocycles. The predicted molar refractivity (Wildman–Crippen MR) is 97.3 cm³/mol. The van der Waals surface area contributed by atoms with E-state index in [4.69, 9.17) is 4.74 Å². The van der Waals surface area contributed by atoms with E-state index in [2.05, 4.69) is 36.0 Å². The van der Waals surface area contributed by atoms with Crippen LogP contribution in [0.15, 0.2) is 30.3 Å². The molecule has 1 unspecified atom stereocenters. The van der Waals surface area contributed by atoms with Crippen LogP contribution in [0.5, 0.6) is 5.75 Å².